The predicted molar refractivity (Wildman–Crippen MR) is 139 cm³/mol. The number of hydrogen-bond donors (Lipinski definition) is 0. The van der Waals surface area contributed by atoms with Gasteiger partial charge >= 0.3 is 0 Å². The quantitative estimate of drug-likeness (QED) is 0.177. The Labute approximate surface area is 201 Å². The Balaban J connectivity index is 1.31. The molecule has 1 aliphatic rings. The van der Waals surface area contributed by atoms with Crippen LogP contribution < -0.4 is 9.47 Å². The first kappa shape index (κ1) is 22.0. The van der Waals surface area contributed by atoms with Crippen LogP contribution in [0.1, 0.15) is 54.4 Å². The van der Waals surface area contributed by atoms with Crippen molar-refractivity contribution in [3.05, 3.63) is 119 Å². The van der Waals surface area contributed by atoms with Gasteiger partial charge in [-0.1, -0.05) is 68.3 Å². The summed E-state index contributed by atoms with van der Waals surface area (Å²) in [6, 6.07) is 33.2. The SMILES string of the molecule is CCCCCOc1ccc(C=Nc2ccc(C3c4ccccc4Oc4ccccc43)cc2)cc1. The van der Waals surface area contributed by atoms with Crippen LogP contribution in [0, 0.1) is 0 Å². The molecule has 0 unspecified atom stereocenters. The smallest absolute Gasteiger partial charge is 0.131 e. The van der Waals surface area contributed by atoms with Gasteiger partial charge in [0.05, 0.1) is 12.3 Å². The average molecular weight is 448 g/mol. The van der Waals surface area contributed by atoms with Crippen LogP contribution in [0.5, 0.6) is 17.2 Å². The zero-order valence-electron chi connectivity index (χ0n) is 19.5. The third-order valence-electron chi connectivity index (χ3n) is 6.17. The number of unbranched alkanes of at least 4 members (excludes halogenated alkanes) is 2. The van der Waals surface area contributed by atoms with Crippen molar-refractivity contribution in [1.29, 1.82) is 0 Å². The van der Waals surface area contributed by atoms with Crippen molar-refractivity contribution >= 4 is 11.9 Å². The molecule has 1 heterocycles. The molecule has 0 spiro atoms. The van der Waals surface area contributed by atoms with Crippen molar-refractivity contribution in [3.63, 3.8) is 0 Å². The molecular weight excluding hydrogens is 418 g/mol. The topological polar surface area (TPSA) is 30.8 Å². The van der Waals surface area contributed by atoms with Crippen molar-refractivity contribution in [2.45, 2.75) is 32.1 Å². The van der Waals surface area contributed by atoms with E-state index in [0.29, 0.717) is 0 Å². The number of nitrogens with zero attached hydrogens (tertiary/aromatic N) is 1. The summed E-state index contributed by atoms with van der Waals surface area (Å²) in [5, 5.41) is 0. The number of aliphatic imine (C=N–C) groups is 1. The van der Waals surface area contributed by atoms with E-state index >= 15 is 0 Å². The summed E-state index contributed by atoms with van der Waals surface area (Å²) in [5.74, 6) is 2.90. The lowest BCUT2D eigenvalue weighted by molar-refractivity contribution is 0.306. The number of ether oxygens (including phenoxy) is 2. The van der Waals surface area contributed by atoms with Gasteiger partial charge in [0.25, 0.3) is 0 Å². The number of hydrogen-bond acceptors (Lipinski definition) is 3. The van der Waals surface area contributed by atoms with E-state index in [-0.39, 0.29) is 5.92 Å². The maximum Gasteiger partial charge on any atom is 0.131 e. The van der Waals surface area contributed by atoms with E-state index in [1.165, 1.54) is 29.5 Å². The molecule has 5 rings (SSSR count). The fraction of sp³-hybridized carbons (Fsp3) is 0.194. The highest BCUT2D eigenvalue weighted by atomic mass is 16.5. The van der Waals surface area contributed by atoms with Gasteiger partial charge in [-0.25, -0.2) is 0 Å². The Morgan fingerprint density at radius 2 is 1.41 bits per heavy atom. The molecule has 0 aliphatic carbocycles. The van der Waals surface area contributed by atoms with Crippen LogP contribution in [-0.2, 0) is 0 Å². The number of rotatable bonds is 8. The standard InChI is InChI=1S/C31H29NO2/c1-2-3-8-21-33-26-19-13-23(14-20-26)22-32-25-17-15-24(16-18-25)31-27-9-4-6-11-29(27)34-30-12-7-5-10-28(30)31/h4-7,9-20,22,31H,2-3,8,21H2,1H3. The Morgan fingerprint density at radius 1 is 0.765 bits per heavy atom. The van der Waals surface area contributed by atoms with E-state index < -0.39 is 0 Å². The molecule has 0 N–H and O–H groups in total. The van der Waals surface area contributed by atoms with Crippen LogP contribution in [0.4, 0.5) is 5.69 Å². The number of fused-ring (bicyclic) bond motifs is 2. The minimum Gasteiger partial charge on any atom is -0.494 e. The molecule has 0 fully saturated rings. The Morgan fingerprint density at radius 3 is 2.06 bits per heavy atom. The molecule has 3 nitrogen and oxygen atoms in total. The molecule has 0 bridgehead atoms. The van der Waals surface area contributed by atoms with Gasteiger partial charge in [0.1, 0.15) is 17.2 Å². The summed E-state index contributed by atoms with van der Waals surface area (Å²) >= 11 is 0. The van der Waals surface area contributed by atoms with E-state index in [0.717, 1.165) is 41.5 Å². The molecule has 0 amide bonds. The Kier molecular flexibility index (Phi) is 6.71. The van der Waals surface area contributed by atoms with Crippen molar-refractivity contribution in [2.24, 2.45) is 4.99 Å². The second-order valence-electron chi connectivity index (χ2n) is 8.59. The van der Waals surface area contributed by atoms with Crippen LogP contribution in [0.15, 0.2) is 102 Å². The molecule has 170 valence electrons. The first-order chi connectivity index (χ1) is 16.8. The number of benzene rings is 4. The van der Waals surface area contributed by atoms with Crippen LogP contribution in [0.25, 0.3) is 0 Å². The predicted octanol–water partition coefficient (Wildman–Crippen LogP) is 8.29. The summed E-state index contributed by atoms with van der Waals surface area (Å²) in [6.45, 7) is 2.97. The second-order valence-corrected chi connectivity index (χ2v) is 8.59. The molecule has 0 aromatic heterocycles. The van der Waals surface area contributed by atoms with Crippen LogP contribution in [-0.4, -0.2) is 12.8 Å². The fourth-order valence-electron chi connectivity index (χ4n) is 4.36. The minimum atomic E-state index is 0.143. The van der Waals surface area contributed by atoms with Crippen LogP contribution in [0.3, 0.4) is 0 Å². The third-order valence-corrected chi connectivity index (χ3v) is 6.17. The molecule has 0 atom stereocenters. The molecule has 0 radical (unpaired) electrons. The van der Waals surface area contributed by atoms with Crippen LogP contribution in [0.2, 0.25) is 0 Å². The average Bonchev–Trinajstić information content (AvgIpc) is 2.89. The molecule has 4 aromatic rings. The van der Waals surface area contributed by atoms with Gasteiger partial charge in [-0.3, -0.25) is 4.99 Å². The van der Waals surface area contributed by atoms with E-state index in [2.05, 4.69) is 60.4 Å². The highest BCUT2D eigenvalue weighted by Gasteiger charge is 2.27. The van der Waals surface area contributed by atoms with Crippen LogP contribution >= 0.6 is 0 Å². The Hall–Kier alpha value is -3.85. The minimum absolute atomic E-state index is 0.143. The lowest BCUT2D eigenvalue weighted by Gasteiger charge is -2.28. The second kappa shape index (κ2) is 10.4. The van der Waals surface area contributed by atoms with Crippen molar-refractivity contribution in [1.82, 2.24) is 0 Å². The first-order valence-electron chi connectivity index (χ1n) is 12.0. The molecule has 1 aliphatic heterocycles. The van der Waals surface area contributed by atoms with Crippen molar-refractivity contribution < 1.29 is 9.47 Å². The van der Waals surface area contributed by atoms with Crippen molar-refractivity contribution in [2.75, 3.05) is 6.61 Å². The highest BCUT2D eigenvalue weighted by molar-refractivity contribution is 5.82. The molecule has 34 heavy (non-hydrogen) atoms. The van der Waals surface area contributed by atoms with Gasteiger partial charge in [0.2, 0.25) is 0 Å². The van der Waals surface area contributed by atoms with Gasteiger partial charge in [-0.2, -0.15) is 0 Å². The van der Waals surface area contributed by atoms with E-state index in [9.17, 15) is 0 Å². The molecule has 3 heteroatoms. The summed E-state index contributed by atoms with van der Waals surface area (Å²) in [7, 11) is 0. The molecular formula is C31H29NO2. The molecule has 4 aromatic carbocycles. The van der Waals surface area contributed by atoms with Gasteiger partial charge in [0.15, 0.2) is 0 Å². The van der Waals surface area contributed by atoms with Gasteiger partial charge in [-0.05, 0) is 66.1 Å². The van der Waals surface area contributed by atoms with Gasteiger partial charge in [0, 0.05) is 23.3 Å². The largest absolute Gasteiger partial charge is 0.494 e. The zero-order valence-corrected chi connectivity index (χ0v) is 19.5. The Bertz CT molecular complexity index is 1210. The van der Waals surface area contributed by atoms with Crippen molar-refractivity contribution in [3.8, 4) is 17.2 Å². The molecule has 0 saturated carbocycles. The summed E-state index contributed by atoms with van der Waals surface area (Å²) in [5.41, 5.74) is 5.59. The highest BCUT2D eigenvalue weighted by Crippen LogP contribution is 2.47. The van der Waals surface area contributed by atoms with E-state index in [4.69, 9.17) is 9.47 Å². The summed E-state index contributed by atoms with van der Waals surface area (Å²) in [6.07, 6.45) is 5.40. The lowest BCUT2D eigenvalue weighted by atomic mass is 9.83. The monoisotopic (exact) mass is 447 g/mol. The maximum atomic E-state index is 6.15. The molecule has 0 saturated heterocycles. The fourth-order valence-corrected chi connectivity index (χ4v) is 4.36. The summed E-state index contributed by atoms with van der Waals surface area (Å²) in [4.78, 5) is 4.68. The lowest BCUT2D eigenvalue weighted by Crippen LogP contribution is -2.11. The summed E-state index contributed by atoms with van der Waals surface area (Å²) < 4.78 is 11.9. The van der Waals surface area contributed by atoms with E-state index in [1.807, 2.05) is 54.7 Å². The first-order valence-corrected chi connectivity index (χ1v) is 12.0. The third kappa shape index (κ3) is 4.89. The van der Waals surface area contributed by atoms with Gasteiger partial charge < -0.3 is 9.47 Å². The normalized spacial score (nSPS) is 12.7. The van der Waals surface area contributed by atoms with Gasteiger partial charge in [-0.15, -0.1) is 0 Å². The maximum absolute atomic E-state index is 6.15. The zero-order chi connectivity index (χ0) is 23.2. The van der Waals surface area contributed by atoms with E-state index in [1.54, 1.807) is 0 Å². The number of para-hydroxylation sites is 2.